The molecule has 82 valence electrons. The molecule has 0 bridgehead atoms. The highest BCUT2D eigenvalue weighted by molar-refractivity contribution is 7.71. The van der Waals surface area contributed by atoms with E-state index >= 15 is 0 Å². The minimum absolute atomic E-state index is 0.642. The van der Waals surface area contributed by atoms with Gasteiger partial charge in [0.05, 0.1) is 5.52 Å². The SMILES string of the molecule is S=c1[nH]ccnc1-c1cccc2ncccc12. The van der Waals surface area contributed by atoms with E-state index in [1.807, 2.05) is 30.3 Å². The van der Waals surface area contributed by atoms with Crippen LogP contribution in [0.5, 0.6) is 0 Å². The quantitative estimate of drug-likeness (QED) is 0.662. The third-order valence-electron chi connectivity index (χ3n) is 2.61. The Morgan fingerprint density at radius 1 is 1.00 bits per heavy atom. The van der Waals surface area contributed by atoms with Gasteiger partial charge in [-0.15, -0.1) is 0 Å². The van der Waals surface area contributed by atoms with E-state index in [4.69, 9.17) is 12.2 Å². The number of rotatable bonds is 1. The Labute approximate surface area is 103 Å². The third-order valence-corrected chi connectivity index (χ3v) is 2.92. The molecule has 3 rings (SSSR count). The highest BCUT2D eigenvalue weighted by Gasteiger charge is 2.06. The van der Waals surface area contributed by atoms with Gasteiger partial charge in [-0.25, -0.2) is 0 Å². The first-order valence-corrected chi connectivity index (χ1v) is 5.65. The van der Waals surface area contributed by atoms with Crippen LogP contribution in [0.4, 0.5) is 0 Å². The summed E-state index contributed by atoms with van der Waals surface area (Å²) >= 11 is 5.26. The number of pyridine rings is 1. The summed E-state index contributed by atoms with van der Waals surface area (Å²) < 4.78 is 0.642. The second kappa shape index (κ2) is 4.07. The number of hydrogen-bond donors (Lipinski definition) is 1. The predicted molar refractivity (Wildman–Crippen MR) is 70.2 cm³/mol. The van der Waals surface area contributed by atoms with E-state index in [0.29, 0.717) is 4.64 Å². The van der Waals surface area contributed by atoms with Crippen molar-refractivity contribution in [2.45, 2.75) is 0 Å². The fourth-order valence-electron chi connectivity index (χ4n) is 1.85. The molecule has 2 heterocycles. The normalized spacial score (nSPS) is 10.6. The van der Waals surface area contributed by atoms with Gasteiger partial charge in [-0.3, -0.25) is 9.97 Å². The van der Waals surface area contributed by atoms with Crippen molar-refractivity contribution in [3.63, 3.8) is 0 Å². The topological polar surface area (TPSA) is 41.6 Å². The van der Waals surface area contributed by atoms with Gasteiger partial charge in [-0.1, -0.05) is 30.4 Å². The zero-order valence-corrected chi connectivity index (χ0v) is 9.74. The maximum Gasteiger partial charge on any atom is 0.129 e. The molecule has 0 amide bonds. The van der Waals surface area contributed by atoms with Crippen molar-refractivity contribution in [2.24, 2.45) is 0 Å². The van der Waals surface area contributed by atoms with Crippen LogP contribution >= 0.6 is 12.2 Å². The summed E-state index contributed by atoms with van der Waals surface area (Å²) in [7, 11) is 0. The van der Waals surface area contributed by atoms with Crippen LogP contribution in [-0.4, -0.2) is 15.0 Å². The predicted octanol–water partition coefficient (Wildman–Crippen LogP) is 3.35. The number of nitrogens with one attached hydrogen (secondary N) is 1. The highest BCUT2D eigenvalue weighted by Crippen LogP contribution is 2.25. The summed E-state index contributed by atoms with van der Waals surface area (Å²) in [5.41, 5.74) is 2.75. The summed E-state index contributed by atoms with van der Waals surface area (Å²) in [6, 6.07) is 9.90. The standard InChI is InChI=1S/C13H9N3S/c17-13-12(15-7-8-16-13)10-3-1-5-11-9(10)4-2-6-14-11/h1-8H,(H,16,17). The Hall–Kier alpha value is -2.07. The molecule has 3 aromatic rings. The van der Waals surface area contributed by atoms with Crippen molar-refractivity contribution in [1.29, 1.82) is 0 Å². The Morgan fingerprint density at radius 3 is 2.82 bits per heavy atom. The summed E-state index contributed by atoms with van der Waals surface area (Å²) in [5, 5.41) is 1.06. The third kappa shape index (κ3) is 1.72. The molecular weight excluding hydrogens is 230 g/mol. The van der Waals surface area contributed by atoms with Crippen molar-refractivity contribution >= 4 is 23.1 Å². The Kier molecular flexibility index (Phi) is 2.42. The maximum atomic E-state index is 5.26. The lowest BCUT2D eigenvalue weighted by Crippen LogP contribution is -1.89. The fraction of sp³-hybridized carbons (Fsp3) is 0. The monoisotopic (exact) mass is 239 g/mol. The lowest BCUT2D eigenvalue weighted by atomic mass is 10.1. The molecule has 1 aromatic carbocycles. The number of aromatic amines is 1. The van der Waals surface area contributed by atoms with Crippen LogP contribution in [0.25, 0.3) is 22.2 Å². The molecule has 0 aliphatic heterocycles. The van der Waals surface area contributed by atoms with Crippen molar-refractivity contribution in [1.82, 2.24) is 15.0 Å². The first-order chi connectivity index (χ1) is 8.36. The number of H-pyrrole nitrogens is 1. The Balaban J connectivity index is 2.39. The molecule has 0 saturated carbocycles. The second-order valence-electron chi connectivity index (χ2n) is 3.64. The van der Waals surface area contributed by atoms with E-state index < -0.39 is 0 Å². The van der Waals surface area contributed by atoms with Crippen LogP contribution in [0.1, 0.15) is 0 Å². The van der Waals surface area contributed by atoms with Crippen LogP contribution < -0.4 is 0 Å². The second-order valence-corrected chi connectivity index (χ2v) is 4.05. The van der Waals surface area contributed by atoms with Gasteiger partial charge < -0.3 is 4.98 Å². The van der Waals surface area contributed by atoms with E-state index in [1.165, 1.54) is 0 Å². The largest absolute Gasteiger partial charge is 0.350 e. The van der Waals surface area contributed by atoms with E-state index in [2.05, 4.69) is 15.0 Å². The first kappa shape index (κ1) is 10.1. The molecule has 0 spiro atoms. The Morgan fingerprint density at radius 2 is 1.94 bits per heavy atom. The number of fused-ring (bicyclic) bond motifs is 1. The molecule has 0 aliphatic carbocycles. The van der Waals surface area contributed by atoms with E-state index in [0.717, 1.165) is 22.2 Å². The zero-order chi connectivity index (χ0) is 11.7. The molecule has 0 saturated heterocycles. The molecule has 0 atom stereocenters. The number of hydrogen-bond acceptors (Lipinski definition) is 3. The molecule has 0 radical (unpaired) electrons. The average molecular weight is 239 g/mol. The molecule has 3 nitrogen and oxygen atoms in total. The van der Waals surface area contributed by atoms with Crippen molar-refractivity contribution in [3.8, 4) is 11.3 Å². The van der Waals surface area contributed by atoms with Crippen LogP contribution in [0.2, 0.25) is 0 Å². The smallest absolute Gasteiger partial charge is 0.129 e. The lowest BCUT2D eigenvalue weighted by Gasteiger charge is -2.04. The van der Waals surface area contributed by atoms with Crippen molar-refractivity contribution in [3.05, 3.63) is 53.6 Å². The van der Waals surface area contributed by atoms with Gasteiger partial charge >= 0.3 is 0 Å². The summed E-state index contributed by atoms with van der Waals surface area (Å²) in [6.07, 6.45) is 5.22. The molecule has 0 aliphatic rings. The van der Waals surface area contributed by atoms with Gasteiger partial charge in [0.15, 0.2) is 0 Å². The molecule has 0 unspecified atom stereocenters. The van der Waals surface area contributed by atoms with Crippen molar-refractivity contribution in [2.75, 3.05) is 0 Å². The van der Waals surface area contributed by atoms with E-state index in [1.54, 1.807) is 18.6 Å². The minimum atomic E-state index is 0.642. The highest BCUT2D eigenvalue weighted by atomic mass is 32.1. The molecule has 1 N–H and O–H groups in total. The van der Waals surface area contributed by atoms with Crippen LogP contribution in [0.15, 0.2) is 48.9 Å². The molecule has 2 aromatic heterocycles. The Bertz CT molecular complexity index is 728. The number of nitrogens with zero attached hydrogens (tertiary/aromatic N) is 2. The number of aromatic nitrogens is 3. The van der Waals surface area contributed by atoms with Crippen LogP contribution in [0, 0.1) is 4.64 Å². The van der Waals surface area contributed by atoms with Gasteiger partial charge in [0.25, 0.3) is 0 Å². The lowest BCUT2D eigenvalue weighted by molar-refractivity contribution is 1.19. The van der Waals surface area contributed by atoms with Gasteiger partial charge in [-0.05, 0) is 12.1 Å². The van der Waals surface area contributed by atoms with Gasteiger partial charge in [0.2, 0.25) is 0 Å². The zero-order valence-electron chi connectivity index (χ0n) is 8.92. The summed E-state index contributed by atoms with van der Waals surface area (Å²) in [4.78, 5) is 11.7. The van der Waals surface area contributed by atoms with Gasteiger partial charge in [0.1, 0.15) is 10.3 Å². The summed E-state index contributed by atoms with van der Waals surface area (Å²) in [5.74, 6) is 0. The van der Waals surface area contributed by atoms with Crippen LogP contribution in [0.3, 0.4) is 0 Å². The minimum Gasteiger partial charge on any atom is -0.350 e. The summed E-state index contributed by atoms with van der Waals surface area (Å²) in [6.45, 7) is 0. The van der Waals surface area contributed by atoms with Crippen LogP contribution in [-0.2, 0) is 0 Å². The first-order valence-electron chi connectivity index (χ1n) is 5.24. The van der Waals surface area contributed by atoms with Gasteiger partial charge in [0, 0.05) is 29.5 Å². The average Bonchev–Trinajstić information content (AvgIpc) is 2.39. The number of benzene rings is 1. The molecule has 0 fully saturated rings. The molecular formula is C13H9N3S. The van der Waals surface area contributed by atoms with E-state index in [-0.39, 0.29) is 0 Å². The maximum absolute atomic E-state index is 5.26. The van der Waals surface area contributed by atoms with Crippen molar-refractivity contribution < 1.29 is 0 Å². The van der Waals surface area contributed by atoms with E-state index in [9.17, 15) is 0 Å². The fourth-order valence-corrected chi connectivity index (χ4v) is 2.08. The molecule has 17 heavy (non-hydrogen) atoms. The molecule has 4 heteroatoms. The van der Waals surface area contributed by atoms with Gasteiger partial charge in [-0.2, -0.15) is 0 Å².